The van der Waals surface area contributed by atoms with Gasteiger partial charge in [-0.3, -0.25) is 4.68 Å². The Morgan fingerprint density at radius 1 is 0.978 bits per heavy atom. The van der Waals surface area contributed by atoms with Crippen LogP contribution in [0, 0.1) is 0 Å². The molecule has 1 aliphatic rings. The number of aryl methyl sites for hydroxylation is 1. The molecule has 2 atom stereocenters. The maximum Gasteiger partial charge on any atom is 0.407 e. The van der Waals surface area contributed by atoms with Crippen molar-refractivity contribution in [2.45, 2.75) is 51.0 Å². The van der Waals surface area contributed by atoms with Gasteiger partial charge in [0.05, 0.1) is 51.7 Å². The van der Waals surface area contributed by atoms with Gasteiger partial charge in [0.25, 0.3) is 0 Å². The summed E-state index contributed by atoms with van der Waals surface area (Å²) in [6.07, 6.45) is 3.20. The lowest BCUT2D eigenvalue weighted by Gasteiger charge is -2.37. The molecule has 1 amide bonds. The number of methoxy groups -OCH3 is 2. The molecule has 45 heavy (non-hydrogen) atoms. The van der Waals surface area contributed by atoms with E-state index in [1.54, 1.807) is 14.2 Å². The fourth-order valence-electron chi connectivity index (χ4n) is 5.70. The van der Waals surface area contributed by atoms with Crippen molar-refractivity contribution in [2.24, 2.45) is 0 Å². The zero-order valence-corrected chi connectivity index (χ0v) is 26.1. The third kappa shape index (κ3) is 8.97. The van der Waals surface area contributed by atoms with Crippen LogP contribution in [0.1, 0.15) is 41.9 Å². The minimum Gasteiger partial charge on any atom is -0.496 e. The zero-order valence-electron chi connectivity index (χ0n) is 26.1. The summed E-state index contributed by atoms with van der Waals surface area (Å²) >= 11 is 0. The van der Waals surface area contributed by atoms with E-state index < -0.39 is 6.09 Å². The molecule has 1 fully saturated rings. The summed E-state index contributed by atoms with van der Waals surface area (Å²) in [5, 5.41) is 15.4. The van der Waals surface area contributed by atoms with Crippen molar-refractivity contribution in [3.05, 3.63) is 89.6 Å². The molecule has 0 saturated carbocycles. The van der Waals surface area contributed by atoms with Crippen LogP contribution in [-0.2, 0) is 34.0 Å². The van der Waals surface area contributed by atoms with E-state index >= 15 is 0 Å². The Bertz CT molecular complexity index is 1510. The predicted octanol–water partition coefficient (Wildman–Crippen LogP) is 6.12. The lowest BCUT2D eigenvalue weighted by molar-refractivity contribution is -0.0199. The van der Waals surface area contributed by atoms with E-state index in [0.29, 0.717) is 52.5 Å². The Morgan fingerprint density at radius 3 is 2.62 bits per heavy atom. The maximum absolute atomic E-state index is 11.8. The van der Waals surface area contributed by atoms with Crippen LogP contribution < -0.4 is 9.47 Å². The molecule has 0 radical (unpaired) electrons. The van der Waals surface area contributed by atoms with Crippen LogP contribution in [0.4, 0.5) is 4.79 Å². The van der Waals surface area contributed by atoms with Gasteiger partial charge in [0, 0.05) is 56.3 Å². The number of hydrogen-bond donors (Lipinski definition) is 1. The molecule has 5 rings (SSSR count). The third-order valence-corrected chi connectivity index (χ3v) is 8.11. The topological polar surface area (TPSA) is 105 Å². The van der Waals surface area contributed by atoms with Crippen LogP contribution in [0.15, 0.2) is 72.9 Å². The van der Waals surface area contributed by atoms with Gasteiger partial charge < -0.3 is 33.7 Å². The number of benzene rings is 3. The van der Waals surface area contributed by atoms with Gasteiger partial charge in [-0.25, -0.2) is 4.79 Å². The highest BCUT2D eigenvalue weighted by Crippen LogP contribution is 2.32. The molecule has 240 valence electrons. The average Bonchev–Trinajstić information content (AvgIpc) is 3.48. The molecule has 1 N–H and O–H groups in total. The van der Waals surface area contributed by atoms with Gasteiger partial charge in [-0.1, -0.05) is 42.5 Å². The van der Waals surface area contributed by atoms with Crippen molar-refractivity contribution in [1.82, 2.24) is 14.7 Å². The number of piperidine rings is 1. The summed E-state index contributed by atoms with van der Waals surface area (Å²) in [6.45, 7) is 4.29. The molecule has 3 aromatic carbocycles. The van der Waals surface area contributed by atoms with Crippen molar-refractivity contribution in [3.8, 4) is 11.5 Å². The van der Waals surface area contributed by atoms with E-state index in [9.17, 15) is 9.90 Å². The van der Waals surface area contributed by atoms with Crippen molar-refractivity contribution >= 4 is 17.0 Å². The smallest absolute Gasteiger partial charge is 0.407 e. The second kappa shape index (κ2) is 16.3. The maximum atomic E-state index is 11.8. The number of rotatable bonds is 16. The van der Waals surface area contributed by atoms with E-state index in [-0.39, 0.29) is 12.0 Å². The summed E-state index contributed by atoms with van der Waals surface area (Å²) in [7, 11) is 3.36. The second-order valence-electron chi connectivity index (χ2n) is 11.2. The quantitative estimate of drug-likeness (QED) is 0.150. The van der Waals surface area contributed by atoms with Crippen molar-refractivity contribution in [1.29, 1.82) is 0 Å². The molecule has 1 saturated heterocycles. The highest BCUT2D eigenvalue weighted by atomic mass is 16.5. The van der Waals surface area contributed by atoms with Crippen LogP contribution in [0.5, 0.6) is 11.5 Å². The normalized spacial score (nSPS) is 16.6. The van der Waals surface area contributed by atoms with E-state index in [1.807, 2.05) is 59.4 Å². The minimum atomic E-state index is -0.918. The van der Waals surface area contributed by atoms with Crippen LogP contribution >= 0.6 is 0 Å². The molecule has 1 aromatic heterocycles. The highest BCUT2D eigenvalue weighted by molar-refractivity contribution is 5.78. The molecule has 4 aromatic rings. The number of likely N-dealkylation sites (tertiary alicyclic amines) is 1. The summed E-state index contributed by atoms with van der Waals surface area (Å²) in [4.78, 5) is 13.2. The summed E-state index contributed by atoms with van der Waals surface area (Å²) in [5.74, 6) is 1.69. The molecule has 0 aliphatic carbocycles. The SMILES string of the molecule is COCCCn1cc2ccc(COC3CN(C(=O)O)CCC3c3ccc(OCCCOCc4ccccc4OC)cc3)cc2n1. The summed E-state index contributed by atoms with van der Waals surface area (Å²) in [5.41, 5.74) is 4.06. The van der Waals surface area contributed by atoms with Gasteiger partial charge in [0.2, 0.25) is 0 Å². The van der Waals surface area contributed by atoms with Crippen molar-refractivity contribution in [2.75, 3.05) is 47.1 Å². The van der Waals surface area contributed by atoms with Gasteiger partial charge in [-0.2, -0.15) is 5.10 Å². The van der Waals surface area contributed by atoms with Crippen molar-refractivity contribution in [3.63, 3.8) is 0 Å². The fraction of sp³-hybridized carbons (Fsp3) is 0.429. The molecular weight excluding hydrogens is 574 g/mol. The largest absolute Gasteiger partial charge is 0.496 e. The van der Waals surface area contributed by atoms with Gasteiger partial charge in [0.1, 0.15) is 11.5 Å². The molecule has 0 spiro atoms. The number of amides is 1. The first-order chi connectivity index (χ1) is 22.0. The Morgan fingerprint density at radius 2 is 1.82 bits per heavy atom. The molecular formula is C35H43N3O7. The van der Waals surface area contributed by atoms with E-state index in [4.69, 9.17) is 28.8 Å². The second-order valence-corrected chi connectivity index (χ2v) is 11.2. The first-order valence-corrected chi connectivity index (χ1v) is 15.5. The number of para-hydroxylation sites is 1. The lowest BCUT2D eigenvalue weighted by Crippen LogP contribution is -2.46. The number of carboxylic acid groups (broad SMARTS) is 1. The predicted molar refractivity (Wildman–Crippen MR) is 171 cm³/mol. The van der Waals surface area contributed by atoms with Gasteiger partial charge >= 0.3 is 6.09 Å². The Kier molecular flexibility index (Phi) is 11.7. The number of fused-ring (bicyclic) bond motifs is 1. The summed E-state index contributed by atoms with van der Waals surface area (Å²) in [6, 6.07) is 22.1. The number of nitrogens with zero attached hydrogens (tertiary/aromatic N) is 3. The van der Waals surface area contributed by atoms with Gasteiger partial charge in [-0.15, -0.1) is 0 Å². The number of carbonyl (C=O) groups is 1. The molecule has 10 heteroatoms. The highest BCUT2D eigenvalue weighted by Gasteiger charge is 2.33. The van der Waals surface area contributed by atoms with E-state index in [0.717, 1.165) is 58.5 Å². The lowest BCUT2D eigenvalue weighted by atomic mass is 9.87. The Balaban J connectivity index is 1.13. The number of aromatic nitrogens is 2. The molecule has 2 unspecified atom stereocenters. The Hall–Kier alpha value is -4.12. The third-order valence-electron chi connectivity index (χ3n) is 8.11. The first kappa shape index (κ1) is 32.3. The molecule has 1 aliphatic heterocycles. The van der Waals surface area contributed by atoms with E-state index in [2.05, 4.69) is 18.2 Å². The van der Waals surface area contributed by atoms with Crippen LogP contribution in [-0.4, -0.2) is 79.1 Å². The average molecular weight is 618 g/mol. The van der Waals surface area contributed by atoms with E-state index in [1.165, 1.54) is 4.90 Å². The molecule has 2 heterocycles. The van der Waals surface area contributed by atoms with Crippen LogP contribution in [0.3, 0.4) is 0 Å². The zero-order chi connectivity index (χ0) is 31.4. The first-order valence-electron chi connectivity index (χ1n) is 15.5. The van der Waals surface area contributed by atoms with Gasteiger partial charge in [-0.05, 0) is 48.2 Å². The monoisotopic (exact) mass is 617 g/mol. The standard InChI is InChI=1S/C35H43N3O7/c1-41-18-5-16-38-22-28-10-9-26(21-32(28)36-38)24-45-34-23-37(35(39)40)17-15-31(34)27-11-13-30(14-12-27)44-20-6-19-43-25-29-7-3-4-8-33(29)42-2/h3-4,7-14,21-22,31,34H,5-6,15-20,23-25H2,1-2H3,(H,39,40). The van der Waals surface area contributed by atoms with Crippen molar-refractivity contribution < 1.29 is 33.6 Å². The minimum absolute atomic E-state index is 0.0711. The summed E-state index contributed by atoms with van der Waals surface area (Å²) < 4.78 is 30.6. The van der Waals surface area contributed by atoms with Crippen LogP contribution in [0.25, 0.3) is 10.9 Å². The van der Waals surface area contributed by atoms with Gasteiger partial charge in [0.15, 0.2) is 0 Å². The molecule has 10 nitrogen and oxygen atoms in total. The number of hydrogen-bond acceptors (Lipinski definition) is 7. The number of ether oxygens (including phenoxy) is 5. The van der Waals surface area contributed by atoms with Crippen LogP contribution in [0.2, 0.25) is 0 Å². The fourth-order valence-corrected chi connectivity index (χ4v) is 5.70. The Labute approximate surface area is 264 Å². The molecule has 0 bridgehead atoms.